The predicted octanol–water partition coefficient (Wildman–Crippen LogP) is 1.96. The van der Waals surface area contributed by atoms with Crippen LogP contribution in [0.3, 0.4) is 0 Å². The van der Waals surface area contributed by atoms with Crippen molar-refractivity contribution >= 4 is 11.8 Å². The zero-order valence-electron chi connectivity index (χ0n) is 10.2. The van der Waals surface area contributed by atoms with E-state index in [9.17, 15) is 0 Å². The quantitative estimate of drug-likeness (QED) is 0.794. The molecule has 1 saturated carbocycles. The van der Waals surface area contributed by atoms with Crippen LogP contribution in [-0.2, 0) is 0 Å². The van der Waals surface area contributed by atoms with Crippen LogP contribution in [0.4, 0.5) is 0 Å². The van der Waals surface area contributed by atoms with Gasteiger partial charge in [0, 0.05) is 24.4 Å². The van der Waals surface area contributed by atoms with E-state index >= 15 is 0 Å². The van der Waals surface area contributed by atoms with Crippen LogP contribution in [0.25, 0.3) is 0 Å². The van der Waals surface area contributed by atoms with Gasteiger partial charge >= 0.3 is 0 Å². The van der Waals surface area contributed by atoms with Gasteiger partial charge in [-0.15, -0.1) is 0 Å². The lowest BCUT2D eigenvalue weighted by Crippen LogP contribution is -2.45. The molecule has 2 atom stereocenters. The summed E-state index contributed by atoms with van der Waals surface area (Å²) in [4.78, 5) is 2.80. The fourth-order valence-corrected chi connectivity index (χ4v) is 4.32. The van der Waals surface area contributed by atoms with Crippen LogP contribution in [0.1, 0.15) is 32.1 Å². The summed E-state index contributed by atoms with van der Waals surface area (Å²) in [6.45, 7) is 3.91. The van der Waals surface area contributed by atoms with Crippen molar-refractivity contribution in [2.45, 2.75) is 44.2 Å². The van der Waals surface area contributed by atoms with E-state index in [2.05, 4.69) is 22.0 Å². The van der Waals surface area contributed by atoms with Gasteiger partial charge in [0.15, 0.2) is 0 Å². The second-order valence-corrected chi connectivity index (χ2v) is 6.77. The molecule has 0 radical (unpaired) electrons. The Morgan fingerprint density at radius 1 is 1.12 bits per heavy atom. The van der Waals surface area contributed by atoms with Gasteiger partial charge in [0.1, 0.15) is 0 Å². The molecule has 0 spiro atoms. The molecular weight excluding hydrogens is 216 g/mol. The van der Waals surface area contributed by atoms with E-state index in [1.54, 1.807) is 0 Å². The van der Waals surface area contributed by atoms with Crippen LogP contribution in [0, 0.1) is 5.92 Å². The van der Waals surface area contributed by atoms with Crippen molar-refractivity contribution in [1.82, 2.24) is 10.2 Å². The van der Waals surface area contributed by atoms with Gasteiger partial charge in [-0.25, -0.2) is 0 Å². The number of rotatable bonds is 2. The van der Waals surface area contributed by atoms with E-state index in [1.165, 1.54) is 63.2 Å². The van der Waals surface area contributed by atoms with Crippen molar-refractivity contribution in [3.63, 3.8) is 0 Å². The summed E-state index contributed by atoms with van der Waals surface area (Å²) >= 11 is 2.17. The third-order valence-electron chi connectivity index (χ3n) is 4.30. The summed E-state index contributed by atoms with van der Waals surface area (Å²) in [5.74, 6) is 3.79. The minimum absolute atomic E-state index is 0.814. The molecule has 3 fully saturated rings. The van der Waals surface area contributed by atoms with Crippen LogP contribution in [0.5, 0.6) is 0 Å². The maximum Gasteiger partial charge on any atom is 0.0223 e. The fraction of sp³-hybridized carbons (Fsp3) is 1.00. The lowest BCUT2D eigenvalue weighted by molar-refractivity contribution is 0.191. The van der Waals surface area contributed by atoms with E-state index in [0.29, 0.717) is 0 Å². The molecular formula is C13H24N2S. The molecule has 3 rings (SSSR count). The highest BCUT2D eigenvalue weighted by molar-refractivity contribution is 7.99. The summed E-state index contributed by atoms with van der Waals surface area (Å²) < 4.78 is 0. The molecule has 16 heavy (non-hydrogen) atoms. The van der Waals surface area contributed by atoms with Crippen LogP contribution in [-0.4, -0.2) is 48.1 Å². The summed E-state index contributed by atoms with van der Waals surface area (Å²) in [5, 5.41) is 3.76. The molecule has 3 aliphatic rings. The van der Waals surface area contributed by atoms with Gasteiger partial charge in [0.25, 0.3) is 0 Å². The van der Waals surface area contributed by atoms with Crippen molar-refractivity contribution < 1.29 is 0 Å². The highest BCUT2D eigenvalue weighted by Gasteiger charge is 2.34. The molecule has 2 aliphatic heterocycles. The normalized spacial score (nSPS) is 38.2. The molecule has 2 heterocycles. The van der Waals surface area contributed by atoms with Gasteiger partial charge in [0.05, 0.1) is 0 Å². The van der Waals surface area contributed by atoms with Crippen molar-refractivity contribution in [2.24, 2.45) is 5.92 Å². The van der Waals surface area contributed by atoms with Crippen molar-refractivity contribution in [3.05, 3.63) is 0 Å². The standard InChI is InChI=1S/C13H24N2S/c1-3-12(10-16-8-1)15-7-2-6-14-13(9-15)11-4-5-11/h11-14H,1-10H2. The lowest BCUT2D eigenvalue weighted by atomic mass is 10.1. The fourth-order valence-electron chi connectivity index (χ4n) is 3.14. The maximum absolute atomic E-state index is 3.76. The van der Waals surface area contributed by atoms with Crippen molar-refractivity contribution in [3.8, 4) is 0 Å². The van der Waals surface area contributed by atoms with Gasteiger partial charge in [-0.05, 0) is 56.9 Å². The zero-order valence-corrected chi connectivity index (χ0v) is 11.0. The Balaban J connectivity index is 1.58. The van der Waals surface area contributed by atoms with Gasteiger partial charge in [-0.1, -0.05) is 0 Å². The average Bonchev–Trinajstić information content (AvgIpc) is 3.16. The van der Waals surface area contributed by atoms with Crippen molar-refractivity contribution in [1.29, 1.82) is 0 Å². The number of nitrogens with one attached hydrogen (secondary N) is 1. The third kappa shape index (κ3) is 2.74. The molecule has 0 aromatic carbocycles. The van der Waals surface area contributed by atoms with E-state index < -0.39 is 0 Å². The van der Waals surface area contributed by atoms with Gasteiger partial charge in [-0.2, -0.15) is 11.8 Å². The Morgan fingerprint density at radius 3 is 2.81 bits per heavy atom. The minimum atomic E-state index is 0.814. The van der Waals surface area contributed by atoms with Gasteiger partial charge < -0.3 is 5.32 Å². The molecule has 2 saturated heterocycles. The number of nitrogens with zero attached hydrogens (tertiary/aromatic N) is 1. The topological polar surface area (TPSA) is 15.3 Å². The summed E-state index contributed by atoms with van der Waals surface area (Å²) in [6.07, 6.45) is 7.19. The molecule has 1 aliphatic carbocycles. The van der Waals surface area contributed by atoms with E-state index in [-0.39, 0.29) is 0 Å². The lowest BCUT2D eigenvalue weighted by Gasteiger charge is -2.34. The average molecular weight is 240 g/mol. The predicted molar refractivity (Wildman–Crippen MR) is 71.1 cm³/mol. The maximum atomic E-state index is 3.76. The zero-order chi connectivity index (χ0) is 10.8. The molecule has 1 N–H and O–H groups in total. The molecule has 3 heteroatoms. The minimum Gasteiger partial charge on any atom is -0.312 e. The monoisotopic (exact) mass is 240 g/mol. The first-order valence-electron chi connectivity index (χ1n) is 6.98. The van der Waals surface area contributed by atoms with Crippen LogP contribution < -0.4 is 5.32 Å². The Kier molecular flexibility index (Phi) is 3.75. The molecule has 2 nitrogen and oxygen atoms in total. The Hall–Kier alpha value is 0.270. The first-order valence-corrected chi connectivity index (χ1v) is 8.14. The molecule has 2 unspecified atom stereocenters. The van der Waals surface area contributed by atoms with Crippen molar-refractivity contribution in [2.75, 3.05) is 31.1 Å². The highest BCUT2D eigenvalue weighted by Crippen LogP contribution is 2.34. The smallest absolute Gasteiger partial charge is 0.0223 e. The van der Waals surface area contributed by atoms with Crippen LogP contribution in [0.2, 0.25) is 0 Å². The van der Waals surface area contributed by atoms with E-state index in [0.717, 1.165) is 18.0 Å². The molecule has 0 aromatic rings. The SMILES string of the molecule is C1CSCC(N2CCCNC(C3CC3)C2)C1. The first kappa shape index (κ1) is 11.4. The molecule has 0 aromatic heterocycles. The van der Waals surface area contributed by atoms with E-state index in [1.807, 2.05) is 0 Å². The Bertz CT molecular complexity index is 224. The number of hydrogen-bond acceptors (Lipinski definition) is 3. The summed E-state index contributed by atoms with van der Waals surface area (Å²) in [6, 6.07) is 1.70. The Morgan fingerprint density at radius 2 is 2.06 bits per heavy atom. The Labute approximate surface area is 104 Å². The van der Waals surface area contributed by atoms with E-state index in [4.69, 9.17) is 0 Å². The molecule has 0 amide bonds. The summed E-state index contributed by atoms with van der Waals surface area (Å²) in [7, 11) is 0. The second-order valence-electron chi connectivity index (χ2n) is 5.62. The third-order valence-corrected chi connectivity index (χ3v) is 5.50. The molecule has 0 bridgehead atoms. The second kappa shape index (κ2) is 5.28. The number of hydrogen-bond donors (Lipinski definition) is 1. The van der Waals surface area contributed by atoms with Crippen LogP contribution in [0.15, 0.2) is 0 Å². The van der Waals surface area contributed by atoms with Gasteiger partial charge in [-0.3, -0.25) is 4.90 Å². The van der Waals surface area contributed by atoms with Crippen LogP contribution >= 0.6 is 11.8 Å². The van der Waals surface area contributed by atoms with Gasteiger partial charge in [0.2, 0.25) is 0 Å². The summed E-state index contributed by atoms with van der Waals surface area (Å²) in [5.41, 5.74) is 0. The highest BCUT2D eigenvalue weighted by atomic mass is 32.2. The number of thioether (sulfide) groups is 1. The largest absolute Gasteiger partial charge is 0.312 e. The molecule has 92 valence electrons. The first-order chi connectivity index (χ1) is 7.93.